The van der Waals surface area contributed by atoms with Gasteiger partial charge in [0.15, 0.2) is 0 Å². The maximum absolute atomic E-state index is 12.6. The smallest absolute Gasteiger partial charge is 0.305 e. The first-order valence-electron chi connectivity index (χ1n) is 35.6. The van der Waals surface area contributed by atoms with E-state index in [0.717, 1.165) is 51.4 Å². The lowest BCUT2D eigenvalue weighted by molar-refractivity contribution is -0.143. The fraction of sp³-hybridized carbons (Fsp3) is 0.917. The van der Waals surface area contributed by atoms with Crippen LogP contribution in [-0.4, -0.2) is 47.4 Å². The van der Waals surface area contributed by atoms with E-state index in [-0.39, 0.29) is 18.5 Å². The summed E-state index contributed by atoms with van der Waals surface area (Å²) < 4.78 is 5.49. The molecule has 0 spiro atoms. The van der Waals surface area contributed by atoms with Gasteiger partial charge in [-0.1, -0.05) is 353 Å². The molecule has 1 amide bonds. The zero-order valence-electron chi connectivity index (χ0n) is 52.9. The minimum absolute atomic E-state index is 0.000292. The molecule has 0 aromatic rings. The average molecular weight is 1100 g/mol. The number of nitrogens with one attached hydrogen (secondary N) is 1. The van der Waals surface area contributed by atoms with Gasteiger partial charge in [-0.15, -0.1) is 0 Å². The topological polar surface area (TPSA) is 95.9 Å². The number of ether oxygens (including phenoxy) is 1. The van der Waals surface area contributed by atoms with Gasteiger partial charge in [0.05, 0.1) is 25.4 Å². The molecule has 0 aromatic heterocycles. The van der Waals surface area contributed by atoms with E-state index < -0.39 is 12.1 Å². The van der Waals surface area contributed by atoms with Gasteiger partial charge in [-0.05, 0) is 57.8 Å². The lowest BCUT2D eigenvalue weighted by Gasteiger charge is -2.22. The van der Waals surface area contributed by atoms with Crippen molar-refractivity contribution in [3.63, 3.8) is 0 Å². The highest BCUT2D eigenvalue weighted by atomic mass is 16.5. The van der Waals surface area contributed by atoms with Crippen molar-refractivity contribution < 1.29 is 24.5 Å². The van der Waals surface area contributed by atoms with Gasteiger partial charge >= 0.3 is 5.97 Å². The van der Waals surface area contributed by atoms with E-state index in [1.807, 2.05) is 0 Å². The van der Waals surface area contributed by atoms with Crippen molar-refractivity contribution in [2.75, 3.05) is 13.2 Å². The van der Waals surface area contributed by atoms with Gasteiger partial charge in [0.2, 0.25) is 5.91 Å². The summed E-state index contributed by atoms with van der Waals surface area (Å²) in [5.74, 6) is -0.0302. The van der Waals surface area contributed by atoms with Crippen LogP contribution in [0.2, 0.25) is 0 Å². The van der Waals surface area contributed by atoms with E-state index in [1.165, 1.54) is 315 Å². The van der Waals surface area contributed by atoms with Crippen LogP contribution in [0.5, 0.6) is 0 Å². The number of aliphatic hydroxyl groups excluding tert-OH is 2. The van der Waals surface area contributed by atoms with Crippen LogP contribution in [0.3, 0.4) is 0 Å². The van der Waals surface area contributed by atoms with Crippen molar-refractivity contribution in [2.24, 2.45) is 0 Å². The minimum atomic E-state index is -0.666. The number of allylic oxidation sites excluding steroid dienone is 4. The van der Waals surface area contributed by atoms with E-state index in [0.29, 0.717) is 25.9 Å². The van der Waals surface area contributed by atoms with Gasteiger partial charge < -0.3 is 20.3 Å². The van der Waals surface area contributed by atoms with Crippen molar-refractivity contribution in [1.82, 2.24) is 5.32 Å². The third-order valence-corrected chi connectivity index (χ3v) is 16.8. The average Bonchev–Trinajstić information content (AvgIpc) is 3.44. The molecule has 0 bridgehead atoms. The Morgan fingerprint density at radius 2 is 0.641 bits per heavy atom. The molecule has 0 aromatic carbocycles. The van der Waals surface area contributed by atoms with E-state index in [1.54, 1.807) is 0 Å². The molecular weight excluding hydrogens is 959 g/mol. The molecule has 0 saturated carbocycles. The lowest BCUT2D eigenvalue weighted by atomic mass is 10.0. The highest BCUT2D eigenvalue weighted by molar-refractivity contribution is 5.76. The van der Waals surface area contributed by atoms with Crippen LogP contribution in [-0.2, 0) is 14.3 Å². The number of carbonyl (C=O) groups excluding carboxylic acids is 2. The van der Waals surface area contributed by atoms with Crippen LogP contribution in [0.1, 0.15) is 399 Å². The third kappa shape index (κ3) is 63.5. The van der Waals surface area contributed by atoms with Gasteiger partial charge in [-0.2, -0.15) is 0 Å². The Kier molecular flexibility index (Phi) is 66.4. The van der Waals surface area contributed by atoms with Crippen molar-refractivity contribution in [1.29, 1.82) is 0 Å². The number of hydrogen-bond donors (Lipinski definition) is 3. The highest BCUT2D eigenvalue weighted by Gasteiger charge is 2.20. The van der Waals surface area contributed by atoms with Gasteiger partial charge in [0.25, 0.3) is 0 Å². The number of rotatable bonds is 67. The quantitative estimate of drug-likeness (QED) is 0.0320. The molecule has 0 fully saturated rings. The Morgan fingerprint density at radius 3 is 1.00 bits per heavy atom. The number of amides is 1. The Balaban J connectivity index is 3.38. The maximum Gasteiger partial charge on any atom is 0.305 e. The van der Waals surface area contributed by atoms with Crippen LogP contribution in [0.25, 0.3) is 0 Å². The Hall–Kier alpha value is -1.66. The first-order chi connectivity index (χ1) is 38.5. The van der Waals surface area contributed by atoms with Crippen molar-refractivity contribution in [3.8, 4) is 0 Å². The fourth-order valence-corrected chi connectivity index (χ4v) is 11.3. The molecule has 0 aliphatic rings. The van der Waals surface area contributed by atoms with Gasteiger partial charge in [-0.25, -0.2) is 0 Å². The first kappa shape index (κ1) is 76.3. The molecule has 3 N–H and O–H groups in total. The van der Waals surface area contributed by atoms with E-state index in [2.05, 4.69) is 43.5 Å². The summed E-state index contributed by atoms with van der Waals surface area (Å²) in [7, 11) is 0. The summed E-state index contributed by atoms with van der Waals surface area (Å²) in [6.45, 7) is 4.96. The third-order valence-electron chi connectivity index (χ3n) is 16.8. The van der Waals surface area contributed by atoms with E-state index in [9.17, 15) is 19.8 Å². The largest absolute Gasteiger partial charge is 0.466 e. The second kappa shape index (κ2) is 67.8. The van der Waals surface area contributed by atoms with Crippen molar-refractivity contribution >= 4 is 11.9 Å². The lowest BCUT2D eigenvalue weighted by Crippen LogP contribution is -2.45. The van der Waals surface area contributed by atoms with E-state index >= 15 is 0 Å². The molecule has 0 rings (SSSR count). The molecule has 0 aliphatic heterocycles. The standard InChI is InChI=1S/C72H139NO5/c1-3-5-7-9-11-13-15-17-19-20-21-22-23-24-27-30-33-37-40-44-48-52-56-60-64-70(75)69(68-74)73-71(76)65-61-57-53-49-45-41-38-34-31-28-25-26-29-32-35-39-43-47-51-55-59-63-67-78-72(77)66-62-58-54-50-46-42-36-18-16-14-12-10-8-6-4-2/h12,14,18,36,69-70,74-75H,3-11,13,15-17,19-35,37-68H2,1-2H3,(H,73,76)/b14-12-,36-18-. The highest BCUT2D eigenvalue weighted by Crippen LogP contribution is 2.19. The molecule has 462 valence electrons. The molecule has 0 heterocycles. The second-order valence-electron chi connectivity index (χ2n) is 24.6. The van der Waals surface area contributed by atoms with Gasteiger partial charge in [-0.3, -0.25) is 9.59 Å². The fourth-order valence-electron chi connectivity index (χ4n) is 11.3. The molecule has 0 aliphatic carbocycles. The predicted molar refractivity (Wildman–Crippen MR) is 343 cm³/mol. The summed E-state index contributed by atoms with van der Waals surface area (Å²) >= 11 is 0. The predicted octanol–water partition coefficient (Wildman–Crippen LogP) is 22.9. The number of esters is 1. The zero-order chi connectivity index (χ0) is 56.4. The van der Waals surface area contributed by atoms with E-state index in [4.69, 9.17) is 4.74 Å². The van der Waals surface area contributed by atoms with Crippen molar-refractivity contribution in [3.05, 3.63) is 24.3 Å². The minimum Gasteiger partial charge on any atom is -0.466 e. The monoisotopic (exact) mass is 1100 g/mol. The molecule has 2 atom stereocenters. The molecule has 0 saturated heterocycles. The second-order valence-corrected chi connectivity index (χ2v) is 24.6. The SMILES string of the molecule is CCCCC/C=C\C/C=C\CCCCCCCC(=O)OCCCCCCCCCCCCCCCCCCCCCCCCC(=O)NC(CO)C(O)CCCCCCCCCCCCCCCCCCCCCCCCCC. The summed E-state index contributed by atoms with van der Waals surface area (Å²) in [5, 5.41) is 23.4. The normalized spacial score (nSPS) is 12.6. The number of carbonyl (C=O) groups is 2. The molecule has 78 heavy (non-hydrogen) atoms. The summed E-state index contributed by atoms with van der Waals surface area (Å²) in [6, 6.07) is -0.543. The van der Waals surface area contributed by atoms with Crippen LogP contribution in [0.15, 0.2) is 24.3 Å². The molecular formula is C72H139NO5. The van der Waals surface area contributed by atoms with Crippen molar-refractivity contribution in [2.45, 2.75) is 411 Å². The molecule has 6 heteroatoms. The van der Waals surface area contributed by atoms with Gasteiger partial charge in [0.1, 0.15) is 0 Å². The first-order valence-corrected chi connectivity index (χ1v) is 35.6. The van der Waals surface area contributed by atoms with Crippen LogP contribution >= 0.6 is 0 Å². The number of unbranched alkanes of at least 4 members (excludes halogenated alkanes) is 52. The summed E-state index contributed by atoms with van der Waals surface area (Å²) in [6.07, 6.45) is 85.1. The Morgan fingerprint density at radius 1 is 0.359 bits per heavy atom. The van der Waals surface area contributed by atoms with Crippen LogP contribution < -0.4 is 5.32 Å². The number of aliphatic hydroxyl groups is 2. The zero-order valence-corrected chi connectivity index (χ0v) is 52.9. The Bertz CT molecular complexity index is 1220. The Labute approximate surface area is 488 Å². The summed E-state index contributed by atoms with van der Waals surface area (Å²) in [4.78, 5) is 24.6. The molecule has 0 radical (unpaired) electrons. The van der Waals surface area contributed by atoms with Crippen LogP contribution in [0, 0.1) is 0 Å². The maximum atomic E-state index is 12.6. The molecule has 2 unspecified atom stereocenters. The molecule has 6 nitrogen and oxygen atoms in total. The van der Waals surface area contributed by atoms with Gasteiger partial charge in [0, 0.05) is 12.8 Å². The summed E-state index contributed by atoms with van der Waals surface area (Å²) in [5.41, 5.74) is 0. The van der Waals surface area contributed by atoms with Crippen LogP contribution in [0.4, 0.5) is 0 Å². The number of hydrogen-bond acceptors (Lipinski definition) is 5.